The lowest BCUT2D eigenvalue weighted by Crippen LogP contribution is -2.35. The quantitative estimate of drug-likeness (QED) is 0.665. The van der Waals surface area contributed by atoms with E-state index in [0.29, 0.717) is 12.1 Å². The number of aryl methyl sites for hydroxylation is 1. The lowest BCUT2D eigenvalue weighted by molar-refractivity contribution is -0.119. The number of carbonyl (C=O) groups excluding carboxylic acids is 1. The molecule has 0 spiro atoms. The van der Waals surface area contributed by atoms with Gasteiger partial charge in [-0.3, -0.25) is 9.52 Å². The minimum Gasteiger partial charge on any atom is -0.372 e. The van der Waals surface area contributed by atoms with Crippen LogP contribution >= 0.6 is 0 Å². The molecule has 30 heavy (non-hydrogen) atoms. The second-order valence-corrected chi connectivity index (χ2v) is 9.62. The maximum Gasteiger partial charge on any atom is 0.241 e. The van der Waals surface area contributed by atoms with Crippen molar-refractivity contribution in [3.8, 4) is 0 Å². The second kappa shape index (κ2) is 9.98. The van der Waals surface area contributed by atoms with Crippen LogP contribution in [0.1, 0.15) is 49.8 Å². The molecule has 3 rings (SSSR count). The Morgan fingerprint density at radius 3 is 2.23 bits per heavy atom. The highest BCUT2D eigenvalue weighted by Gasteiger charge is 2.20. The van der Waals surface area contributed by atoms with Crippen LogP contribution in [-0.2, 0) is 14.8 Å². The molecule has 2 aromatic carbocycles. The number of piperidine rings is 1. The van der Waals surface area contributed by atoms with Crippen LogP contribution in [0, 0.1) is 6.92 Å². The van der Waals surface area contributed by atoms with Crippen molar-refractivity contribution in [2.24, 2.45) is 0 Å². The first kappa shape index (κ1) is 22.2. The number of nitrogens with one attached hydrogen (secondary N) is 2. The third kappa shape index (κ3) is 6.23. The van der Waals surface area contributed by atoms with Gasteiger partial charge in [0.05, 0.1) is 6.04 Å². The molecule has 7 heteroatoms. The minimum absolute atomic E-state index is 0.211. The molecule has 0 aromatic heterocycles. The van der Waals surface area contributed by atoms with E-state index in [9.17, 15) is 13.2 Å². The van der Waals surface area contributed by atoms with Gasteiger partial charge in [0.15, 0.2) is 0 Å². The zero-order chi connectivity index (χ0) is 21.6. The lowest BCUT2D eigenvalue weighted by atomic mass is 10.0. The van der Waals surface area contributed by atoms with Crippen molar-refractivity contribution < 1.29 is 13.2 Å². The van der Waals surface area contributed by atoms with Gasteiger partial charge in [-0.1, -0.05) is 36.8 Å². The van der Waals surface area contributed by atoms with E-state index in [4.69, 9.17) is 0 Å². The van der Waals surface area contributed by atoms with Gasteiger partial charge in [0.2, 0.25) is 15.9 Å². The monoisotopic (exact) mass is 429 g/mol. The molecule has 1 aliphatic rings. The van der Waals surface area contributed by atoms with Crippen molar-refractivity contribution in [2.75, 3.05) is 28.5 Å². The SMILES string of the molecule is CCC(NC(=O)CS(=O)(=O)Nc1ccc(N2CCCCC2)cc1)c1ccc(C)cc1. The maximum atomic E-state index is 12.5. The van der Waals surface area contributed by atoms with Crippen LogP contribution in [0.2, 0.25) is 0 Å². The fourth-order valence-corrected chi connectivity index (χ4v) is 4.73. The van der Waals surface area contributed by atoms with Crippen LogP contribution in [0.3, 0.4) is 0 Å². The molecule has 2 aromatic rings. The molecule has 1 unspecified atom stereocenters. The largest absolute Gasteiger partial charge is 0.372 e. The van der Waals surface area contributed by atoms with Crippen LogP contribution in [0.4, 0.5) is 11.4 Å². The lowest BCUT2D eigenvalue weighted by Gasteiger charge is -2.28. The van der Waals surface area contributed by atoms with Gasteiger partial charge in [-0.2, -0.15) is 0 Å². The number of hydrogen-bond acceptors (Lipinski definition) is 4. The van der Waals surface area contributed by atoms with Gasteiger partial charge in [-0.05, 0) is 62.4 Å². The van der Waals surface area contributed by atoms with E-state index in [1.807, 2.05) is 50.2 Å². The van der Waals surface area contributed by atoms with Crippen molar-refractivity contribution >= 4 is 27.3 Å². The van der Waals surface area contributed by atoms with Crippen LogP contribution in [0.5, 0.6) is 0 Å². The Morgan fingerprint density at radius 1 is 1.00 bits per heavy atom. The van der Waals surface area contributed by atoms with Gasteiger partial charge >= 0.3 is 0 Å². The van der Waals surface area contributed by atoms with Crippen molar-refractivity contribution in [1.29, 1.82) is 0 Å². The summed E-state index contributed by atoms with van der Waals surface area (Å²) in [4.78, 5) is 14.7. The van der Waals surface area contributed by atoms with Gasteiger partial charge in [0.1, 0.15) is 5.75 Å². The van der Waals surface area contributed by atoms with E-state index in [1.165, 1.54) is 19.3 Å². The number of nitrogens with zero attached hydrogens (tertiary/aromatic N) is 1. The molecular formula is C23H31N3O3S. The molecule has 0 aliphatic carbocycles. The number of anilines is 2. The molecule has 2 N–H and O–H groups in total. The summed E-state index contributed by atoms with van der Waals surface area (Å²) < 4.78 is 27.4. The molecule has 162 valence electrons. The highest BCUT2D eigenvalue weighted by molar-refractivity contribution is 7.93. The summed E-state index contributed by atoms with van der Waals surface area (Å²) in [6.45, 7) is 6.03. The van der Waals surface area contributed by atoms with Crippen LogP contribution in [0.15, 0.2) is 48.5 Å². The van der Waals surface area contributed by atoms with E-state index < -0.39 is 21.7 Å². The Balaban J connectivity index is 1.57. The van der Waals surface area contributed by atoms with Gasteiger partial charge in [-0.15, -0.1) is 0 Å². The molecule has 1 fully saturated rings. The zero-order valence-electron chi connectivity index (χ0n) is 17.7. The van der Waals surface area contributed by atoms with Crippen molar-refractivity contribution in [3.05, 3.63) is 59.7 Å². The first-order valence-corrected chi connectivity index (χ1v) is 12.2. The third-order valence-electron chi connectivity index (χ3n) is 5.41. The van der Waals surface area contributed by atoms with E-state index >= 15 is 0 Å². The number of carbonyl (C=O) groups is 1. The van der Waals surface area contributed by atoms with Gasteiger partial charge < -0.3 is 10.2 Å². The molecule has 1 amide bonds. The van der Waals surface area contributed by atoms with E-state index in [0.717, 1.165) is 29.9 Å². The van der Waals surface area contributed by atoms with Gasteiger partial charge in [0.25, 0.3) is 0 Å². The molecule has 1 aliphatic heterocycles. The summed E-state index contributed by atoms with van der Waals surface area (Å²) in [7, 11) is -3.79. The third-order valence-corrected chi connectivity index (χ3v) is 6.60. The first-order chi connectivity index (χ1) is 14.4. The summed E-state index contributed by atoms with van der Waals surface area (Å²) in [5.74, 6) is -1.12. The summed E-state index contributed by atoms with van der Waals surface area (Å²) >= 11 is 0. The van der Waals surface area contributed by atoms with Crippen molar-refractivity contribution in [2.45, 2.75) is 45.6 Å². The molecule has 0 radical (unpaired) electrons. The number of benzene rings is 2. The minimum atomic E-state index is -3.79. The standard InChI is InChI=1S/C23H31N3O3S/c1-3-22(19-9-7-18(2)8-10-19)24-23(27)17-30(28,29)25-20-11-13-21(14-12-20)26-15-5-4-6-16-26/h7-14,22,25H,3-6,15-17H2,1-2H3,(H,24,27). The topological polar surface area (TPSA) is 78.5 Å². The number of sulfonamides is 1. The van der Waals surface area contributed by atoms with Crippen LogP contribution < -0.4 is 14.9 Å². The smallest absolute Gasteiger partial charge is 0.241 e. The predicted octanol–water partition coefficient (Wildman–Crippen LogP) is 3.99. The molecule has 0 saturated carbocycles. The molecule has 1 atom stereocenters. The number of amides is 1. The van der Waals surface area contributed by atoms with Crippen molar-refractivity contribution in [3.63, 3.8) is 0 Å². The molecule has 6 nitrogen and oxygen atoms in total. The van der Waals surface area contributed by atoms with Gasteiger partial charge in [0, 0.05) is 24.5 Å². The predicted molar refractivity (Wildman–Crippen MR) is 122 cm³/mol. The Morgan fingerprint density at radius 2 is 1.63 bits per heavy atom. The van der Waals surface area contributed by atoms with E-state index in [-0.39, 0.29) is 6.04 Å². The summed E-state index contributed by atoms with van der Waals surface area (Å²) in [5, 5.41) is 2.83. The van der Waals surface area contributed by atoms with Gasteiger partial charge in [-0.25, -0.2) is 8.42 Å². The Labute approximate surface area is 179 Å². The molecule has 1 heterocycles. The highest BCUT2D eigenvalue weighted by Crippen LogP contribution is 2.22. The first-order valence-electron chi connectivity index (χ1n) is 10.6. The highest BCUT2D eigenvalue weighted by atomic mass is 32.2. The zero-order valence-corrected chi connectivity index (χ0v) is 18.5. The Bertz CT molecular complexity index is 935. The Hall–Kier alpha value is -2.54. The van der Waals surface area contributed by atoms with Crippen LogP contribution in [-0.4, -0.2) is 33.2 Å². The molecular weight excluding hydrogens is 398 g/mol. The van der Waals surface area contributed by atoms with E-state index in [2.05, 4.69) is 14.9 Å². The van der Waals surface area contributed by atoms with E-state index in [1.54, 1.807) is 12.1 Å². The fourth-order valence-electron chi connectivity index (χ4n) is 3.74. The van der Waals surface area contributed by atoms with Crippen molar-refractivity contribution in [1.82, 2.24) is 5.32 Å². The average molecular weight is 430 g/mol. The summed E-state index contributed by atoms with van der Waals surface area (Å²) in [5.41, 5.74) is 3.67. The molecule has 1 saturated heterocycles. The Kier molecular flexibility index (Phi) is 7.37. The maximum absolute atomic E-state index is 12.5. The number of rotatable bonds is 8. The molecule has 0 bridgehead atoms. The summed E-state index contributed by atoms with van der Waals surface area (Å²) in [6.07, 6.45) is 4.31. The second-order valence-electron chi connectivity index (χ2n) is 7.89. The fraction of sp³-hybridized carbons (Fsp3) is 0.435. The average Bonchev–Trinajstić information content (AvgIpc) is 2.73. The normalized spacial score (nSPS) is 15.5. The summed E-state index contributed by atoms with van der Waals surface area (Å²) in [6, 6.07) is 15.0. The number of hydrogen-bond donors (Lipinski definition) is 2. The van der Waals surface area contributed by atoms with Crippen LogP contribution in [0.25, 0.3) is 0 Å².